The van der Waals surface area contributed by atoms with Gasteiger partial charge in [-0.25, -0.2) is 5.48 Å². The van der Waals surface area contributed by atoms with Crippen molar-refractivity contribution < 1.29 is 14.9 Å². The number of carbonyl (C=O) groups excluding carboxylic acids is 1. The van der Waals surface area contributed by atoms with Crippen LogP contribution in [0.2, 0.25) is 0 Å². The van der Waals surface area contributed by atoms with Crippen molar-refractivity contribution >= 4 is 11.6 Å². The zero-order valence-electron chi connectivity index (χ0n) is 6.30. The van der Waals surface area contributed by atoms with Crippen LogP contribution in [0.1, 0.15) is 10.4 Å². The summed E-state index contributed by atoms with van der Waals surface area (Å²) in [5.41, 5.74) is 0.622. The van der Waals surface area contributed by atoms with Crippen LogP contribution in [0.5, 0.6) is 0 Å². The molecule has 0 saturated heterocycles. The van der Waals surface area contributed by atoms with Gasteiger partial charge in [0.15, 0.2) is 0 Å². The van der Waals surface area contributed by atoms with Crippen LogP contribution in [0.25, 0.3) is 0 Å². The zero-order valence-corrected chi connectivity index (χ0v) is 6.30. The summed E-state index contributed by atoms with van der Waals surface area (Å²) in [5, 5.41) is 18.6. The van der Waals surface area contributed by atoms with E-state index in [9.17, 15) is 14.9 Å². The van der Waals surface area contributed by atoms with Gasteiger partial charge in [-0.1, -0.05) is 0 Å². The topological polar surface area (TPSA) is 105 Å². The second-order valence-electron chi connectivity index (χ2n) is 2.09. The molecule has 0 radical (unpaired) electrons. The minimum atomic E-state index is -0.936. The van der Waals surface area contributed by atoms with E-state index < -0.39 is 16.5 Å². The highest BCUT2D eigenvalue weighted by Crippen LogP contribution is 2.15. The molecule has 1 rings (SSSR count). The molecule has 0 aromatic carbocycles. The van der Waals surface area contributed by atoms with Crippen LogP contribution in [-0.2, 0) is 0 Å². The average molecular weight is 183 g/mol. The van der Waals surface area contributed by atoms with E-state index >= 15 is 0 Å². The molecule has 7 nitrogen and oxygen atoms in total. The number of hydroxylamine groups is 1. The number of carbonyl (C=O) groups is 1. The lowest BCUT2D eigenvalue weighted by Crippen LogP contribution is -2.19. The van der Waals surface area contributed by atoms with Gasteiger partial charge in [0.2, 0.25) is 0 Å². The van der Waals surface area contributed by atoms with Crippen molar-refractivity contribution in [3.8, 4) is 0 Å². The van der Waals surface area contributed by atoms with E-state index in [0.29, 0.717) is 0 Å². The minimum absolute atomic E-state index is 0.234. The molecular weight excluding hydrogens is 178 g/mol. The summed E-state index contributed by atoms with van der Waals surface area (Å²) in [6.07, 6.45) is 2.15. The Morgan fingerprint density at radius 2 is 2.38 bits per heavy atom. The Hall–Kier alpha value is -2.02. The van der Waals surface area contributed by atoms with Gasteiger partial charge in [0.05, 0.1) is 4.92 Å². The van der Waals surface area contributed by atoms with Gasteiger partial charge in [-0.3, -0.25) is 25.1 Å². The van der Waals surface area contributed by atoms with Gasteiger partial charge in [-0.15, -0.1) is 0 Å². The SMILES string of the molecule is O=C(NO)c1ccncc1[N+](=O)[O-]. The third-order valence-electron chi connectivity index (χ3n) is 1.34. The van der Waals surface area contributed by atoms with Crippen LogP contribution >= 0.6 is 0 Å². The summed E-state index contributed by atoms with van der Waals surface area (Å²) in [6, 6.07) is 1.14. The van der Waals surface area contributed by atoms with Crippen molar-refractivity contribution in [2.45, 2.75) is 0 Å². The number of aromatic nitrogens is 1. The van der Waals surface area contributed by atoms with E-state index in [4.69, 9.17) is 5.21 Å². The third kappa shape index (κ3) is 1.76. The maximum Gasteiger partial charge on any atom is 0.300 e. The number of pyridine rings is 1. The molecule has 7 heteroatoms. The fraction of sp³-hybridized carbons (Fsp3) is 0. The molecule has 0 aliphatic heterocycles. The predicted octanol–water partition coefficient (Wildman–Crippen LogP) is 0.109. The standard InChI is InChI=1S/C6H5N3O4/c10-6(8-11)4-1-2-7-3-5(4)9(12)13/h1-3,11H,(H,8,10). The second kappa shape index (κ2) is 3.59. The smallest absolute Gasteiger partial charge is 0.288 e. The number of nitro groups is 1. The highest BCUT2D eigenvalue weighted by molar-refractivity contribution is 5.97. The van der Waals surface area contributed by atoms with Gasteiger partial charge in [0, 0.05) is 6.20 Å². The molecule has 0 unspecified atom stereocenters. The number of hydrogen-bond acceptors (Lipinski definition) is 5. The summed E-state index contributed by atoms with van der Waals surface area (Å²) in [6.45, 7) is 0. The first-order valence-corrected chi connectivity index (χ1v) is 3.19. The van der Waals surface area contributed by atoms with Crippen LogP contribution in [0.4, 0.5) is 5.69 Å². The molecule has 0 aliphatic carbocycles. The third-order valence-corrected chi connectivity index (χ3v) is 1.34. The maximum atomic E-state index is 10.8. The normalized spacial score (nSPS) is 9.31. The van der Waals surface area contributed by atoms with E-state index in [1.165, 1.54) is 11.7 Å². The molecule has 0 saturated carbocycles. The van der Waals surface area contributed by atoms with Gasteiger partial charge in [-0.05, 0) is 6.07 Å². The first-order valence-electron chi connectivity index (χ1n) is 3.19. The van der Waals surface area contributed by atoms with E-state index in [1.807, 2.05) is 0 Å². The van der Waals surface area contributed by atoms with E-state index in [2.05, 4.69) is 4.98 Å². The summed E-state index contributed by atoms with van der Waals surface area (Å²) in [5.74, 6) is -0.936. The van der Waals surface area contributed by atoms with E-state index in [-0.39, 0.29) is 5.56 Å². The molecular formula is C6H5N3O4. The fourth-order valence-corrected chi connectivity index (χ4v) is 0.784. The van der Waals surface area contributed by atoms with E-state index in [1.54, 1.807) is 0 Å². The monoisotopic (exact) mass is 183 g/mol. The number of hydrogen-bond donors (Lipinski definition) is 2. The first-order chi connectivity index (χ1) is 6.16. The van der Waals surface area contributed by atoms with Gasteiger partial charge >= 0.3 is 0 Å². The quantitative estimate of drug-likeness (QED) is 0.384. The molecule has 68 valence electrons. The highest BCUT2D eigenvalue weighted by Gasteiger charge is 2.18. The summed E-state index contributed by atoms with van der Waals surface area (Å²) >= 11 is 0. The highest BCUT2D eigenvalue weighted by atomic mass is 16.6. The lowest BCUT2D eigenvalue weighted by atomic mass is 10.2. The molecule has 0 bridgehead atoms. The Balaban J connectivity index is 3.19. The molecule has 0 atom stereocenters. The molecule has 1 heterocycles. The number of rotatable bonds is 2. The largest absolute Gasteiger partial charge is 0.300 e. The Labute approximate surface area is 72.1 Å². The van der Waals surface area contributed by atoms with Crippen LogP contribution in [0.15, 0.2) is 18.5 Å². The zero-order chi connectivity index (χ0) is 9.84. The van der Waals surface area contributed by atoms with Crippen molar-refractivity contribution in [2.75, 3.05) is 0 Å². The van der Waals surface area contributed by atoms with Crippen LogP contribution < -0.4 is 5.48 Å². The molecule has 1 amide bonds. The average Bonchev–Trinajstić information content (AvgIpc) is 2.16. The van der Waals surface area contributed by atoms with Gasteiger partial charge < -0.3 is 0 Å². The Morgan fingerprint density at radius 1 is 1.69 bits per heavy atom. The predicted molar refractivity (Wildman–Crippen MR) is 40.1 cm³/mol. The molecule has 13 heavy (non-hydrogen) atoms. The summed E-state index contributed by atoms with van der Waals surface area (Å²) in [7, 11) is 0. The maximum absolute atomic E-state index is 10.8. The Kier molecular flexibility index (Phi) is 2.50. The summed E-state index contributed by atoms with van der Waals surface area (Å²) < 4.78 is 0. The minimum Gasteiger partial charge on any atom is -0.288 e. The number of nitrogens with zero attached hydrogens (tertiary/aromatic N) is 2. The molecule has 2 N–H and O–H groups in total. The van der Waals surface area contributed by atoms with Gasteiger partial charge in [-0.2, -0.15) is 0 Å². The first kappa shape index (κ1) is 9.07. The summed E-state index contributed by atoms with van der Waals surface area (Å²) in [4.78, 5) is 23.9. The van der Waals surface area contributed by atoms with Crippen LogP contribution in [0.3, 0.4) is 0 Å². The van der Waals surface area contributed by atoms with Gasteiger partial charge in [0.25, 0.3) is 11.6 Å². The Bertz CT molecular complexity index is 351. The molecule has 0 fully saturated rings. The van der Waals surface area contributed by atoms with Crippen molar-refractivity contribution in [1.82, 2.24) is 10.5 Å². The van der Waals surface area contributed by atoms with E-state index in [0.717, 1.165) is 12.3 Å². The molecule has 1 aromatic rings. The van der Waals surface area contributed by atoms with Crippen LogP contribution in [0, 0.1) is 10.1 Å². The molecule has 1 aromatic heterocycles. The fourth-order valence-electron chi connectivity index (χ4n) is 0.784. The van der Waals surface area contributed by atoms with Crippen molar-refractivity contribution in [3.63, 3.8) is 0 Å². The molecule has 0 spiro atoms. The number of amides is 1. The lowest BCUT2D eigenvalue weighted by molar-refractivity contribution is -0.385. The second-order valence-corrected chi connectivity index (χ2v) is 2.09. The van der Waals surface area contributed by atoms with Crippen molar-refractivity contribution in [3.05, 3.63) is 34.1 Å². The van der Waals surface area contributed by atoms with Crippen molar-refractivity contribution in [1.29, 1.82) is 0 Å². The Morgan fingerprint density at radius 3 is 2.92 bits per heavy atom. The van der Waals surface area contributed by atoms with Crippen molar-refractivity contribution in [2.24, 2.45) is 0 Å². The van der Waals surface area contributed by atoms with Crippen LogP contribution in [-0.4, -0.2) is 21.0 Å². The number of nitrogens with one attached hydrogen (secondary N) is 1. The molecule has 0 aliphatic rings. The lowest BCUT2D eigenvalue weighted by Gasteiger charge is -1.98. The van der Waals surface area contributed by atoms with Gasteiger partial charge in [0.1, 0.15) is 11.8 Å².